The summed E-state index contributed by atoms with van der Waals surface area (Å²) in [5.74, 6) is 1.58. The molecule has 1 aromatic heterocycles. The van der Waals surface area contributed by atoms with Gasteiger partial charge in [-0.1, -0.05) is 0 Å². The number of benzene rings is 1. The maximum atomic E-state index is 12.2. The number of aliphatic hydroxyl groups is 1. The van der Waals surface area contributed by atoms with Crippen molar-refractivity contribution >= 4 is 11.6 Å². The van der Waals surface area contributed by atoms with Gasteiger partial charge >= 0.3 is 0 Å². The average Bonchev–Trinajstić information content (AvgIpc) is 3.22. The van der Waals surface area contributed by atoms with Crippen LogP contribution in [-0.2, 0) is 17.8 Å². The van der Waals surface area contributed by atoms with Crippen LogP contribution in [0.2, 0.25) is 0 Å². The number of amides is 1. The Morgan fingerprint density at radius 1 is 1.12 bits per heavy atom. The van der Waals surface area contributed by atoms with Gasteiger partial charge in [0.25, 0.3) is 0 Å². The molecular formula is C18H22N4O2. The SMILES string of the molecule is O=C(Nc1ccc(-c2nnc3n2CCCC3)cc1)C1CCCC1O. The molecule has 2 aliphatic rings. The highest BCUT2D eigenvalue weighted by Crippen LogP contribution is 2.28. The van der Waals surface area contributed by atoms with E-state index in [9.17, 15) is 9.90 Å². The van der Waals surface area contributed by atoms with E-state index in [0.29, 0.717) is 0 Å². The van der Waals surface area contributed by atoms with Gasteiger partial charge in [-0.05, 0) is 56.4 Å². The average molecular weight is 326 g/mol. The molecule has 4 rings (SSSR count). The zero-order chi connectivity index (χ0) is 16.5. The van der Waals surface area contributed by atoms with Gasteiger partial charge in [-0.15, -0.1) is 10.2 Å². The molecule has 0 spiro atoms. The van der Waals surface area contributed by atoms with Crippen LogP contribution in [-0.4, -0.2) is 31.9 Å². The van der Waals surface area contributed by atoms with Crippen molar-refractivity contribution in [3.8, 4) is 11.4 Å². The molecule has 2 unspecified atom stereocenters. The summed E-state index contributed by atoms with van der Waals surface area (Å²) < 4.78 is 2.19. The summed E-state index contributed by atoms with van der Waals surface area (Å²) in [7, 11) is 0. The van der Waals surface area contributed by atoms with Crippen LogP contribution in [0.25, 0.3) is 11.4 Å². The van der Waals surface area contributed by atoms with Crippen molar-refractivity contribution in [2.45, 2.75) is 51.2 Å². The van der Waals surface area contributed by atoms with Gasteiger partial charge in [0.2, 0.25) is 5.91 Å². The van der Waals surface area contributed by atoms with Crippen LogP contribution in [0.3, 0.4) is 0 Å². The smallest absolute Gasteiger partial charge is 0.230 e. The fourth-order valence-electron chi connectivity index (χ4n) is 3.71. The largest absolute Gasteiger partial charge is 0.392 e. The van der Waals surface area contributed by atoms with Crippen LogP contribution in [0, 0.1) is 5.92 Å². The van der Waals surface area contributed by atoms with E-state index in [-0.39, 0.29) is 11.8 Å². The molecule has 2 atom stereocenters. The number of rotatable bonds is 3. The molecule has 1 amide bonds. The molecule has 1 aliphatic heterocycles. The third-order valence-corrected chi connectivity index (χ3v) is 5.09. The van der Waals surface area contributed by atoms with Crippen molar-refractivity contribution in [2.24, 2.45) is 5.92 Å². The molecule has 1 aromatic carbocycles. The number of anilines is 1. The molecule has 0 saturated heterocycles. The highest BCUT2D eigenvalue weighted by Gasteiger charge is 2.31. The van der Waals surface area contributed by atoms with Gasteiger partial charge in [0.05, 0.1) is 12.0 Å². The van der Waals surface area contributed by atoms with Crippen LogP contribution in [0.4, 0.5) is 5.69 Å². The van der Waals surface area contributed by atoms with Crippen molar-refractivity contribution in [1.29, 1.82) is 0 Å². The Morgan fingerprint density at radius 3 is 2.71 bits per heavy atom. The summed E-state index contributed by atoms with van der Waals surface area (Å²) in [6.45, 7) is 0.968. The van der Waals surface area contributed by atoms with Crippen LogP contribution in [0.15, 0.2) is 24.3 Å². The molecule has 1 fully saturated rings. The number of nitrogens with one attached hydrogen (secondary N) is 1. The second-order valence-electron chi connectivity index (χ2n) is 6.72. The minimum absolute atomic E-state index is 0.0902. The van der Waals surface area contributed by atoms with Gasteiger partial charge in [-0.25, -0.2) is 0 Å². The number of hydrogen-bond acceptors (Lipinski definition) is 4. The zero-order valence-electron chi connectivity index (χ0n) is 13.6. The molecule has 1 saturated carbocycles. The Morgan fingerprint density at radius 2 is 1.96 bits per heavy atom. The predicted molar refractivity (Wildman–Crippen MR) is 90.4 cm³/mol. The molecule has 0 radical (unpaired) electrons. The third kappa shape index (κ3) is 2.82. The maximum Gasteiger partial charge on any atom is 0.230 e. The van der Waals surface area contributed by atoms with Crippen molar-refractivity contribution in [2.75, 3.05) is 5.32 Å². The van der Waals surface area contributed by atoms with E-state index in [4.69, 9.17) is 0 Å². The number of aliphatic hydroxyl groups excluding tert-OH is 1. The first-order chi connectivity index (χ1) is 11.7. The number of hydrogen-bond donors (Lipinski definition) is 2. The molecule has 24 heavy (non-hydrogen) atoms. The second-order valence-corrected chi connectivity index (χ2v) is 6.72. The number of fused-ring (bicyclic) bond motifs is 1. The predicted octanol–water partition coefficient (Wildman–Crippen LogP) is 2.38. The molecule has 1 aliphatic carbocycles. The van der Waals surface area contributed by atoms with Crippen molar-refractivity contribution in [3.63, 3.8) is 0 Å². The molecule has 6 nitrogen and oxygen atoms in total. The van der Waals surface area contributed by atoms with Crippen LogP contribution < -0.4 is 5.32 Å². The molecule has 6 heteroatoms. The summed E-state index contributed by atoms with van der Waals surface area (Å²) in [6, 6.07) is 7.71. The fraction of sp³-hybridized carbons (Fsp3) is 0.500. The van der Waals surface area contributed by atoms with Gasteiger partial charge in [-0.3, -0.25) is 4.79 Å². The van der Waals surface area contributed by atoms with Gasteiger partial charge in [0.1, 0.15) is 5.82 Å². The standard InChI is InChI=1S/C18H22N4O2/c23-15-5-3-4-14(15)18(24)19-13-9-7-12(8-10-13)17-21-20-16-6-1-2-11-22(16)17/h7-10,14-15,23H,1-6,11H2,(H,19,24). The van der Waals surface area contributed by atoms with Gasteiger partial charge < -0.3 is 15.0 Å². The van der Waals surface area contributed by atoms with E-state index in [1.165, 1.54) is 6.42 Å². The highest BCUT2D eigenvalue weighted by atomic mass is 16.3. The summed E-state index contributed by atoms with van der Waals surface area (Å²) >= 11 is 0. The quantitative estimate of drug-likeness (QED) is 0.907. The number of carbonyl (C=O) groups excluding carboxylic acids is 1. The number of aryl methyl sites for hydroxylation is 1. The fourth-order valence-corrected chi connectivity index (χ4v) is 3.71. The number of carbonyl (C=O) groups is 1. The Balaban J connectivity index is 1.49. The summed E-state index contributed by atoms with van der Waals surface area (Å²) in [5, 5.41) is 21.4. The summed E-state index contributed by atoms with van der Waals surface area (Å²) in [6.07, 6.45) is 5.21. The second kappa shape index (κ2) is 6.36. The first-order valence-corrected chi connectivity index (χ1v) is 8.74. The van der Waals surface area contributed by atoms with Crippen LogP contribution >= 0.6 is 0 Å². The van der Waals surface area contributed by atoms with Crippen LogP contribution in [0.5, 0.6) is 0 Å². The molecule has 0 bridgehead atoms. The zero-order valence-corrected chi connectivity index (χ0v) is 13.6. The summed E-state index contributed by atoms with van der Waals surface area (Å²) in [5.41, 5.74) is 1.76. The van der Waals surface area contributed by atoms with Crippen LogP contribution in [0.1, 0.15) is 37.9 Å². The van der Waals surface area contributed by atoms with Crippen molar-refractivity contribution in [3.05, 3.63) is 30.1 Å². The van der Waals surface area contributed by atoms with Gasteiger partial charge in [0, 0.05) is 24.2 Å². The highest BCUT2D eigenvalue weighted by molar-refractivity contribution is 5.93. The Bertz CT molecular complexity index is 738. The minimum atomic E-state index is -0.508. The molecule has 126 valence electrons. The minimum Gasteiger partial charge on any atom is -0.392 e. The maximum absolute atomic E-state index is 12.2. The van der Waals surface area contributed by atoms with E-state index < -0.39 is 6.10 Å². The molecular weight excluding hydrogens is 304 g/mol. The first-order valence-electron chi connectivity index (χ1n) is 8.74. The Hall–Kier alpha value is -2.21. The first kappa shape index (κ1) is 15.3. The van der Waals surface area contributed by atoms with E-state index >= 15 is 0 Å². The topological polar surface area (TPSA) is 80.0 Å². The normalized spacial score (nSPS) is 23.0. The van der Waals surface area contributed by atoms with E-state index in [2.05, 4.69) is 20.1 Å². The lowest BCUT2D eigenvalue weighted by Gasteiger charge is -2.16. The van der Waals surface area contributed by atoms with Gasteiger partial charge in [0.15, 0.2) is 5.82 Å². The van der Waals surface area contributed by atoms with Gasteiger partial charge in [-0.2, -0.15) is 0 Å². The number of aromatic nitrogens is 3. The Kier molecular flexibility index (Phi) is 4.06. The van der Waals surface area contributed by atoms with E-state index in [1.807, 2.05) is 24.3 Å². The molecule has 2 heterocycles. The third-order valence-electron chi connectivity index (χ3n) is 5.09. The lowest BCUT2D eigenvalue weighted by Crippen LogP contribution is -2.28. The van der Waals surface area contributed by atoms with Crippen molar-refractivity contribution in [1.82, 2.24) is 14.8 Å². The lowest BCUT2D eigenvalue weighted by molar-refractivity contribution is -0.122. The van der Waals surface area contributed by atoms with E-state index in [0.717, 1.165) is 61.5 Å². The molecule has 2 aromatic rings. The monoisotopic (exact) mass is 326 g/mol. The van der Waals surface area contributed by atoms with Crippen molar-refractivity contribution < 1.29 is 9.90 Å². The number of nitrogens with zero attached hydrogens (tertiary/aromatic N) is 3. The Labute approximate surface area is 140 Å². The lowest BCUT2D eigenvalue weighted by atomic mass is 10.1. The molecule has 2 N–H and O–H groups in total. The summed E-state index contributed by atoms with van der Waals surface area (Å²) in [4.78, 5) is 12.2. The van der Waals surface area contributed by atoms with E-state index in [1.54, 1.807) is 0 Å².